The summed E-state index contributed by atoms with van der Waals surface area (Å²) < 4.78 is 6.58. The number of amides is 4. The molecule has 4 heterocycles. The lowest BCUT2D eigenvalue weighted by atomic mass is 9.77. The first-order valence-corrected chi connectivity index (χ1v) is 18.7. The van der Waals surface area contributed by atoms with Crippen LogP contribution in [0.5, 0.6) is 5.75 Å². The van der Waals surface area contributed by atoms with Crippen LogP contribution in [0, 0.1) is 22.5 Å². The third-order valence-electron chi connectivity index (χ3n) is 10.4. The topological polar surface area (TPSA) is 148 Å². The fraction of sp³-hybridized carbons (Fsp3) is 0.429. The van der Waals surface area contributed by atoms with Crippen LogP contribution in [-0.4, -0.2) is 87.9 Å². The highest BCUT2D eigenvalue weighted by Crippen LogP contribution is 2.67. The molecule has 0 radical (unpaired) electrons. The molecule has 5 atom stereocenters. The van der Waals surface area contributed by atoms with Gasteiger partial charge in [0.15, 0.2) is 0 Å². The third-order valence-corrected chi connectivity index (χ3v) is 12.8. The lowest BCUT2D eigenvalue weighted by molar-refractivity contribution is -0.153. The zero-order valence-corrected chi connectivity index (χ0v) is 28.0. The van der Waals surface area contributed by atoms with E-state index in [0.717, 1.165) is 23.3 Å². The van der Waals surface area contributed by atoms with Gasteiger partial charge in [0.1, 0.15) is 17.3 Å². The second-order valence-electron chi connectivity index (χ2n) is 13.2. The maximum absolute atomic E-state index is 14.4. The highest BCUT2D eigenvalue weighted by Gasteiger charge is 2.47. The summed E-state index contributed by atoms with van der Waals surface area (Å²) >= 11 is 6.76. The van der Waals surface area contributed by atoms with Crippen LogP contribution in [0.25, 0.3) is 0 Å². The van der Waals surface area contributed by atoms with E-state index in [1.165, 1.54) is 0 Å². The zero-order chi connectivity index (χ0) is 33.9. The average molecular weight is 691 g/mol. The van der Waals surface area contributed by atoms with Crippen molar-refractivity contribution in [1.29, 1.82) is 5.26 Å². The van der Waals surface area contributed by atoms with E-state index in [4.69, 9.17) is 16.3 Å². The van der Waals surface area contributed by atoms with Gasteiger partial charge in [-0.25, -0.2) is 0 Å². The van der Waals surface area contributed by atoms with E-state index >= 15 is 0 Å². The number of likely N-dealkylation sites (tertiary alicyclic amines) is 1. The monoisotopic (exact) mass is 690 g/mol. The number of thiocyanates is 1. The quantitative estimate of drug-likeness (QED) is 0.325. The average Bonchev–Trinajstić information content (AvgIpc) is 3.45. The Kier molecular flexibility index (Phi) is 8.24. The second kappa shape index (κ2) is 12.3. The van der Waals surface area contributed by atoms with Gasteiger partial charge >= 0.3 is 5.97 Å². The number of imide groups is 1. The molecule has 4 aliphatic heterocycles. The van der Waals surface area contributed by atoms with E-state index in [9.17, 15) is 34.3 Å². The van der Waals surface area contributed by atoms with Crippen LogP contribution >= 0.6 is 21.6 Å². The van der Waals surface area contributed by atoms with Gasteiger partial charge in [-0.2, -0.15) is 5.26 Å². The number of hydrogen-bond acceptors (Lipinski definition) is 7. The second-order valence-corrected chi connectivity index (χ2v) is 16.4. The Hall–Kier alpha value is -4.34. The van der Waals surface area contributed by atoms with Gasteiger partial charge in [-0.05, 0) is 60.8 Å². The third kappa shape index (κ3) is 5.43. The molecular formula is C35H35ClN4O7S. The molecule has 1 N–H and O–H groups in total. The van der Waals surface area contributed by atoms with Gasteiger partial charge in [-0.1, -0.05) is 36.6 Å². The molecule has 1 aliphatic carbocycles. The van der Waals surface area contributed by atoms with Crippen molar-refractivity contribution in [3.8, 4) is 11.2 Å². The predicted octanol–water partition coefficient (Wildman–Crippen LogP) is 4.70. The zero-order valence-electron chi connectivity index (χ0n) is 26.4. The molecule has 48 heavy (non-hydrogen) atoms. The first-order valence-electron chi connectivity index (χ1n) is 16.2. The molecule has 7 rings (SSSR count). The van der Waals surface area contributed by atoms with Crippen molar-refractivity contribution >= 4 is 51.2 Å². The van der Waals surface area contributed by atoms with E-state index in [0.29, 0.717) is 60.0 Å². The summed E-state index contributed by atoms with van der Waals surface area (Å²) in [4.78, 5) is 71.9. The fourth-order valence-corrected chi connectivity index (χ4v) is 9.51. The van der Waals surface area contributed by atoms with Crippen LogP contribution in [0.1, 0.15) is 70.0 Å². The van der Waals surface area contributed by atoms with Gasteiger partial charge in [-0.3, -0.25) is 28.9 Å². The number of carbonyl (C=O) groups is 5. The molecular weight excluding hydrogens is 656 g/mol. The maximum Gasteiger partial charge on any atom is 0.307 e. The standard InChI is InChI=1S/C35H35ClN4O7S/c1-48(19-37)18-29(48)34(44)38-14-12-20(16-38)47-28-11-10-26(36)25-13-15-39(31(41)23-8-4-5-9-24(23)35(45)46)27(30(25)28)17-40-32(42)21-6-2-3-7-22(21)33(40)43/h2-3,6-7,10-11,18,20,23-24,27H,4-5,8-9,12-17H2,1H3,(H,45,46). The summed E-state index contributed by atoms with van der Waals surface area (Å²) in [5.74, 6) is -3.54. The Labute approximate surface area is 284 Å². The minimum absolute atomic E-state index is 0.154. The summed E-state index contributed by atoms with van der Waals surface area (Å²) in [5.41, 5.74) is 1.89. The molecule has 1 saturated carbocycles. The van der Waals surface area contributed by atoms with Crippen LogP contribution in [0.15, 0.2) is 46.7 Å². The van der Waals surface area contributed by atoms with Gasteiger partial charge in [0, 0.05) is 30.1 Å². The minimum Gasteiger partial charge on any atom is -0.488 e. The number of ether oxygens (including phenoxy) is 1. The van der Waals surface area contributed by atoms with E-state index in [1.807, 2.05) is 0 Å². The number of carbonyl (C=O) groups excluding carboxylic acids is 4. The maximum atomic E-state index is 14.4. The number of fused-ring (bicyclic) bond motifs is 2. The lowest BCUT2D eigenvalue weighted by Gasteiger charge is -2.42. The van der Waals surface area contributed by atoms with Gasteiger partial charge in [0.05, 0.1) is 47.0 Å². The summed E-state index contributed by atoms with van der Waals surface area (Å²) in [7, 11) is -1.75. The van der Waals surface area contributed by atoms with Crippen LogP contribution in [-0.2, 0) is 20.8 Å². The van der Waals surface area contributed by atoms with Crippen LogP contribution in [0.3, 0.4) is 0 Å². The van der Waals surface area contributed by atoms with Crippen molar-refractivity contribution in [1.82, 2.24) is 14.7 Å². The Morgan fingerprint density at radius 1 is 1.02 bits per heavy atom. The van der Waals surface area contributed by atoms with Crippen molar-refractivity contribution < 1.29 is 33.8 Å². The van der Waals surface area contributed by atoms with Gasteiger partial charge in [0.25, 0.3) is 17.7 Å². The number of aliphatic carboxylic acids is 1. The molecule has 2 aromatic rings. The number of halogens is 1. The molecule has 0 aromatic heterocycles. The van der Waals surface area contributed by atoms with Crippen LogP contribution < -0.4 is 4.74 Å². The molecule has 2 fully saturated rings. The number of hydrogen-bond donors (Lipinski definition) is 1. The predicted molar refractivity (Wildman–Crippen MR) is 177 cm³/mol. The van der Waals surface area contributed by atoms with Gasteiger partial charge in [-0.15, -0.1) is 10.0 Å². The van der Waals surface area contributed by atoms with Crippen molar-refractivity contribution in [3.63, 3.8) is 0 Å². The van der Waals surface area contributed by atoms with Gasteiger partial charge < -0.3 is 19.6 Å². The highest BCUT2D eigenvalue weighted by molar-refractivity contribution is 8.48. The van der Waals surface area contributed by atoms with Crippen molar-refractivity contribution in [3.05, 3.63) is 74.0 Å². The number of nitrogens with zero attached hydrogens (tertiary/aromatic N) is 4. The molecule has 11 nitrogen and oxygen atoms in total. The van der Waals surface area contributed by atoms with E-state index in [-0.39, 0.29) is 42.1 Å². The number of nitriles is 1. The van der Waals surface area contributed by atoms with E-state index in [2.05, 4.69) is 5.40 Å². The SMILES string of the molecule is CS1(C#N)C=C1C(=O)N1CCC(Oc2ccc(Cl)c3c2C(CN2C(=O)c4ccccc4C2=O)N(C(=O)C2CCCCC2C(=O)O)CC3)C1. The first kappa shape index (κ1) is 32.2. The van der Waals surface area contributed by atoms with Crippen molar-refractivity contribution in [2.45, 2.75) is 50.7 Å². The molecule has 250 valence electrons. The van der Waals surface area contributed by atoms with Crippen LogP contribution in [0.2, 0.25) is 5.02 Å². The normalized spacial score (nSPS) is 28.9. The van der Waals surface area contributed by atoms with Gasteiger partial charge in [0.2, 0.25) is 5.91 Å². The number of carboxylic acids is 1. The molecule has 5 unspecified atom stereocenters. The van der Waals surface area contributed by atoms with Crippen molar-refractivity contribution in [2.75, 3.05) is 32.4 Å². The molecule has 1 saturated heterocycles. The van der Waals surface area contributed by atoms with Crippen molar-refractivity contribution in [2.24, 2.45) is 11.8 Å². The highest BCUT2D eigenvalue weighted by atomic mass is 35.5. The molecule has 4 amide bonds. The summed E-state index contributed by atoms with van der Waals surface area (Å²) in [5, 5.41) is 23.9. The summed E-state index contributed by atoms with van der Waals surface area (Å²) in [6.45, 7) is 0.833. The molecule has 5 aliphatic rings. The molecule has 0 spiro atoms. The lowest BCUT2D eigenvalue weighted by Crippen LogP contribution is -2.50. The smallest absolute Gasteiger partial charge is 0.307 e. The Morgan fingerprint density at radius 2 is 1.71 bits per heavy atom. The molecule has 0 bridgehead atoms. The molecule has 13 heteroatoms. The first-order chi connectivity index (χ1) is 23.0. The number of rotatable bonds is 7. The largest absolute Gasteiger partial charge is 0.488 e. The summed E-state index contributed by atoms with van der Waals surface area (Å²) in [6.07, 6.45) is 4.62. The Morgan fingerprint density at radius 3 is 2.35 bits per heavy atom. The Balaban J connectivity index is 1.22. The Bertz CT molecular complexity index is 1810. The molecule has 2 aromatic carbocycles. The minimum atomic E-state index is -1.75. The van der Waals surface area contributed by atoms with E-state index in [1.54, 1.807) is 57.9 Å². The van der Waals surface area contributed by atoms with Crippen LogP contribution in [0.4, 0.5) is 0 Å². The summed E-state index contributed by atoms with van der Waals surface area (Å²) in [6, 6.07) is 9.19. The van der Waals surface area contributed by atoms with E-state index < -0.39 is 45.7 Å². The fourth-order valence-electron chi connectivity index (χ4n) is 7.69. The number of carboxylic acid groups (broad SMARTS) is 1. The number of benzene rings is 2.